The van der Waals surface area contributed by atoms with Crippen LogP contribution >= 0.6 is 11.8 Å². The lowest BCUT2D eigenvalue weighted by Crippen LogP contribution is -2.07. The van der Waals surface area contributed by atoms with Crippen molar-refractivity contribution in [2.75, 3.05) is 19.5 Å². The minimum Gasteiger partial charge on any atom is -0.493 e. The Kier molecular flexibility index (Phi) is 5.25. The summed E-state index contributed by atoms with van der Waals surface area (Å²) in [5, 5.41) is 9.54. The number of hydrogen-bond acceptors (Lipinski definition) is 5. The fourth-order valence-corrected chi connectivity index (χ4v) is 3.33. The maximum absolute atomic E-state index is 9.54. The summed E-state index contributed by atoms with van der Waals surface area (Å²) in [6, 6.07) is 8.37. The molecule has 1 saturated heterocycles. The van der Waals surface area contributed by atoms with E-state index in [0.717, 1.165) is 27.3 Å². The van der Waals surface area contributed by atoms with E-state index in [9.17, 15) is 5.02 Å². The van der Waals surface area contributed by atoms with E-state index in [1.165, 1.54) is 0 Å². The van der Waals surface area contributed by atoms with Gasteiger partial charge in [0.25, 0.3) is 0 Å². The molecule has 0 spiro atoms. The number of thioether (sulfide) groups is 1. The van der Waals surface area contributed by atoms with Crippen LogP contribution < -0.4 is 4.74 Å². The molecule has 2 heterocycles. The highest BCUT2D eigenvalue weighted by Crippen LogP contribution is 2.34. The molecule has 0 amide bonds. The molecule has 4 nitrogen and oxygen atoms in total. The van der Waals surface area contributed by atoms with Gasteiger partial charge in [0.05, 0.1) is 6.61 Å². The number of aromatic nitrogens is 1. The lowest BCUT2D eigenvalue weighted by molar-refractivity contribution is 0.292. The molecule has 0 radical (unpaired) electrons. The average molecular weight is 329 g/mol. The molecular weight excluding hydrogens is 309 g/mol. The van der Waals surface area contributed by atoms with E-state index in [2.05, 4.69) is 29.2 Å². The molecule has 1 aliphatic rings. The third kappa shape index (κ3) is 3.71. The molecule has 1 N–H and O–H groups in total. The van der Waals surface area contributed by atoms with Crippen LogP contribution in [0.1, 0.15) is 18.4 Å². The van der Waals surface area contributed by atoms with E-state index >= 15 is 0 Å². The van der Waals surface area contributed by atoms with Crippen LogP contribution in [0.4, 0.5) is 0 Å². The van der Waals surface area contributed by atoms with Crippen molar-refractivity contribution < 1.29 is 14.4 Å². The Morgan fingerprint density at radius 2 is 2.22 bits per heavy atom. The molecule has 120 valence electrons. The smallest absolute Gasteiger partial charge is 0.454 e. The van der Waals surface area contributed by atoms with Crippen LogP contribution in [0.3, 0.4) is 0 Å². The van der Waals surface area contributed by atoms with Gasteiger partial charge in [0.15, 0.2) is 0 Å². The third-order valence-corrected chi connectivity index (χ3v) is 4.78. The van der Waals surface area contributed by atoms with E-state index in [-0.39, 0.29) is 5.92 Å². The van der Waals surface area contributed by atoms with E-state index in [4.69, 9.17) is 9.39 Å². The quantitative estimate of drug-likeness (QED) is 0.672. The van der Waals surface area contributed by atoms with E-state index in [1.54, 1.807) is 11.8 Å². The molecule has 1 aromatic carbocycles. The van der Waals surface area contributed by atoms with Crippen molar-refractivity contribution >= 4 is 18.9 Å². The van der Waals surface area contributed by atoms with Gasteiger partial charge in [0.2, 0.25) is 0 Å². The predicted molar refractivity (Wildman–Crippen MR) is 94.1 cm³/mol. The summed E-state index contributed by atoms with van der Waals surface area (Å²) < 4.78 is 11.0. The standard InChI is InChI=1S/C17H20BNO3S/c1-3-21-16-7-12(4-5-17(16)23-2)13-6-14(10-19-9-13)15-8-18(20)22-11-15/h4-7,9-10,15,20H,3,8,11H2,1-2H3/t15-/m1/s1. The summed E-state index contributed by atoms with van der Waals surface area (Å²) in [6.07, 6.45) is 6.39. The first kappa shape index (κ1) is 16.4. The van der Waals surface area contributed by atoms with Crippen molar-refractivity contribution in [2.24, 2.45) is 0 Å². The van der Waals surface area contributed by atoms with Gasteiger partial charge in [-0.05, 0) is 48.8 Å². The Bertz CT molecular complexity index is 683. The van der Waals surface area contributed by atoms with Gasteiger partial charge in [-0.15, -0.1) is 11.8 Å². The number of pyridine rings is 1. The fourth-order valence-electron chi connectivity index (χ4n) is 2.80. The Hall–Kier alpha value is -1.50. The number of hydrogen-bond donors (Lipinski definition) is 1. The van der Waals surface area contributed by atoms with E-state index in [0.29, 0.717) is 19.5 Å². The summed E-state index contributed by atoms with van der Waals surface area (Å²) in [4.78, 5) is 5.50. The molecule has 6 heteroatoms. The molecule has 0 saturated carbocycles. The molecule has 1 aliphatic heterocycles. The second-order valence-electron chi connectivity index (χ2n) is 5.53. The first-order chi connectivity index (χ1) is 11.2. The third-order valence-electron chi connectivity index (χ3n) is 4.00. The van der Waals surface area contributed by atoms with Gasteiger partial charge < -0.3 is 14.4 Å². The van der Waals surface area contributed by atoms with Gasteiger partial charge >= 0.3 is 7.12 Å². The van der Waals surface area contributed by atoms with Crippen LogP contribution in [0.5, 0.6) is 5.75 Å². The highest BCUT2D eigenvalue weighted by atomic mass is 32.2. The van der Waals surface area contributed by atoms with Crippen LogP contribution in [0, 0.1) is 0 Å². The van der Waals surface area contributed by atoms with Crippen LogP contribution in [-0.4, -0.2) is 36.6 Å². The predicted octanol–water partition coefficient (Wildman–Crippen LogP) is 3.46. The van der Waals surface area contributed by atoms with Crippen LogP contribution in [0.25, 0.3) is 11.1 Å². The van der Waals surface area contributed by atoms with Crippen molar-refractivity contribution in [3.8, 4) is 16.9 Å². The second-order valence-corrected chi connectivity index (χ2v) is 6.37. The monoisotopic (exact) mass is 329 g/mol. The Morgan fingerprint density at radius 3 is 2.91 bits per heavy atom. The Morgan fingerprint density at radius 1 is 1.35 bits per heavy atom. The van der Waals surface area contributed by atoms with E-state index < -0.39 is 7.12 Å². The van der Waals surface area contributed by atoms with Crippen molar-refractivity contribution in [3.05, 3.63) is 42.2 Å². The summed E-state index contributed by atoms with van der Waals surface area (Å²) in [6.45, 7) is 3.18. The maximum atomic E-state index is 9.54. The first-order valence-corrected chi connectivity index (χ1v) is 8.99. The van der Waals surface area contributed by atoms with Crippen LogP contribution in [0.15, 0.2) is 41.6 Å². The zero-order valence-corrected chi connectivity index (χ0v) is 14.2. The van der Waals surface area contributed by atoms with Crippen molar-refractivity contribution in [2.45, 2.75) is 24.1 Å². The number of benzene rings is 1. The first-order valence-electron chi connectivity index (χ1n) is 7.77. The normalized spacial score (nSPS) is 17.5. The molecule has 1 fully saturated rings. The molecule has 0 aliphatic carbocycles. The van der Waals surface area contributed by atoms with Crippen molar-refractivity contribution in [1.29, 1.82) is 0 Å². The molecular formula is C17H20BNO3S. The highest BCUT2D eigenvalue weighted by Gasteiger charge is 2.30. The number of rotatable bonds is 5. The second kappa shape index (κ2) is 7.38. The largest absolute Gasteiger partial charge is 0.493 e. The zero-order chi connectivity index (χ0) is 16.2. The highest BCUT2D eigenvalue weighted by molar-refractivity contribution is 7.98. The molecule has 2 aromatic rings. The Balaban J connectivity index is 1.91. The van der Waals surface area contributed by atoms with Gasteiger partial charge in [-0.1, -0.05) is 6.07 Å². The molecule has 0 bridgehead atoms. The van der Waals surface area contributed by atoms with Crippen LogP contribution in [-0.2, 0) is 4.65 Å². The summed E-state index contributed by atoms with van der Waals surface area (Å²) in [5.74, 6) is 1.11. The van der Waals surface area contributed by atoms with Gasteiger partial charge in [-0.3, -0.25) is 4.98 Å². The van der Waals surface area contributed by atoms with Gasteiger partial charge in [0.1, 0.15) is 5.75 Å². The van der Waals surface area contributed by atoms with Crippen LogP contribution in [0.2, 0.25) is 6.32 Å². The summed E-state index contributed by atoms with van der Waals surface area (Å²) in [7, 11) is -0.658. The minimum atomic E-state index is -0.658. The van der Waals surface area contributed by atoms with Gasteiger partial charge in [0, 0.05) is 35.4 Å². The van der Waals surface area contributed by atoms with E-state index in [1.807, 2.05) is 25.6 Å². The summed E-state index contributed by atoms with van der Waals surface area (Å²) in [5.41, 5.74) is 3.24. The Labute approximate surface area is 141 Å². The number of nitrogens with zero attached hydrogens (tertiary/aromatic N) is 1. The average Bonchev–Trinajstić information content (AvgIpc) is 3.02. The van der Waals surface area contributed by atoms with Gasteiger partial charge in [-0.25, -0.2) is 0 Å². The maximum Gasteiger partial charge on any atom is 0.454 e. The summed E-state index contributed by atoms with van der Waals surface area (Å²) >= 11 is 1.68. The lowest BCUT2D eigenvalue weighted by atomic mass is 9.80. The fraction of sp³-hybridized carbons (Fsp3) is 0.353. The lowest BCUT2D eigenvalue weighted by Gasteiger charge is -2.12. The number of ether oxygens (including phenoxy) is 1. The minimum absolute atomic E-state index is 0.203. The molecule has 1 atom stereocenters. The van der Waals surface area contributed by atoms with Crippen molar-refractivity contribution in [3.63, 3.8) is 0 Å². The molecule has 1 aromatic heterocycles. The topological polar surface area (TPSA) is 51.6 Å². The molecule has 3 rings (SSSR count). The van der Waals surface area contributed by atoms with Gasteiger partial charge in [-0.2, -0.15) is 0 Å². The molecule has 0 unspecified atom stereocenters. The zero-order valence-electron chi connectivity index (χ0n) is 13.4. The van der Waals surface area contributed by atoms with Crippen molar-refractivity contribution in [1.82, 2.24) is 4.98 Å². The SMILES string of the molecule is CCOc1cc(-c2cncc([C@H]3COB(O)C3)c2)ccc1SC. The molecule has 23 heavy (non-hydrogen) atoms.